The maximum absolute atomic E-state index is 12.1. The van der Waals surface area contributed by atoms with Crippen molar-refractivity contribution in [3.8, 4) is 0 Å². The Labute approximate surface area is 138 Å². The fraction of sp³-hybridized carbons (Fsp3) is 0.562. The third-order valence-corrected chi connectivity index (χ3v) is 5.33. The molecule has 0 radical (unpaired) electrons. The molecule has 0 unspecified atom stereocenters. The number of nitrogens with one attached hydrogen (secondary N) is 1. The minimum Gasteiger partial charge on any atom is -0.372 e. The molecule has 1 saturated heterocycles. The van der Waals surface area contributed by atoms with E-state index in [1.807, 2.05) is 24.3 Å². The van der Waals surface area contributed by atoms with Crippen LogP contribution in [0.2, 0.25) is 0 Å². The highest BCUT2D eigenvalue weighted by molar-refractivity contribution is 7.88. The lowest BCUT2D eigenvalue weighted by Crippen LogP contribution is -2.41. The third-order valence-electron chi connectivity index (χ3n) is 3.92. The van der Waals surface area contributed by atoms with Crippen LogP contribution in [0.5, 0.6) is 0 Å². The average molecular weight is 339 g/mol. The zero-order chi connectivity index (χ0) is 17.0. The standard InChI is InChI=1S/C16H25N3O3S/c1-13(2)19(23(3,21)22)12-16(20)17-14-6-8-15(9-7-14)18-10-4-5-11-18/h6-9,13H,4-5,10-12H2,1-3H3,(H,17,20). The van der Waals surface area contributed by atoms with Gasteiger partial charge in [0.25, 0.3) is 0 Å². The number of hydrogen-bond donors (Lipinski definition) is 1. The monoisotopic (exact) mass is 339 g/mol. The molecule has 0 spiro atoms. The van der Waals surface area contributed by atoms with E-state index in [1.165, 1.54) is 17.1 Å². The van der Waals surface area contributed by atoms with Gasteiger partial charge in [-0.1, -0.05) is 0 Å². The summed E-state index contributed by atoms with van der Waals surface area (Å²) in [5, 5.41) is 2.75. The molecule has 0 saturated carbocycles. The summed E-state index contributed by atoms with van der Waals surface area (Å²) >= 11 is 0. The number of amides is 1. The summed E-state index contributed by atoms with van der Waals surface area (Å²) in [6, 6.07) is 7.42. The van der Waals surface area contributed by atoms with Crippen molar-refractivity contribution in [1.82, 2.24) is 4.31 Å². The van der Waals surface area contributed by atoms with Gasteiger partial charge in [-0.2, -0.15) is 4.31 Å². The van der Waals surface area contributed by atoms with Crippen LogP contribution in [0.15, 0.2) is 24.3 Å². The van der Waals surface area contributed by atoms with E-state index in [0.717, 1.165) is 25.0 Å². The highest BCUT2D eigenvalue weighted by atomic mass is 32.2. The van der Waals surface area contributed by atoms with Gasteiger partial charge >= 0.3 is 0 Å². The summed E-state index contributed by atoms with van der Waals surface area (Å²) < 4.78 is 24.6. The van der Waals surface area contributed by atoms with Gasteiger partial charge in [-0.15, -0.1) is 0 Å². The molecule has 0 atom stereocenters. The Kier molecular flexibility index (Phi) is 5.64. The van der Waals surface area contributed by atoms with Gasteiger partial charge in [0.05, 0.1) is 12.8 Å². The molecule has 1 aliphatic rings. The molecule has 1 aromatic carbocycles. The minimum absolute atomic E-state index is 0.176. The predicted octanol–water partition coefficient (Wildman–Crippen LogP) is 1.90. The van der Waals surface area contributed by atoms with Gasteiger partial charge in [0.1, 0.15) is 0 Å². The summed E-state index contributed by atoms with van der Waals surface area (Å²) in [5.74, 6) is -0.335. The van der Waals surface area contributed by atoms with Gasteiger partial charge in [0.2, 0.25) is 15.9 Å². The summed E-state index contributed by atoms with van der Waals surface area (Å²) in [4.78, 5) is 14.4. The van der Waals surface area contributed by atoms with Crippen molar-refractivity contribution in [2.24, 2.45) is 0 Å². The molecular formula is C16H25N3O3S. The Morgan fingerprint density at radius 1 is 1.22 bits per heavy atom. The van der Waals surface area contributed by atoms with Crippen molar-refractivity contribution in [3.63, 3.8) is 0 Å². The van der Waals surface area contributed by atoms with Crippen molar-refractivity contribution in [3.05, 3.63) is 24.3 Å². The fourth-order valence-corrected chi connectivity index (χ4v) is 3.87. The van der Waals surface area contributed by atoms with Crippen LogP contribution in [0.1, 0.15) is 26.7 Å². The van der Waals surface area contributed by atoms with E-state index < -0.39 is 10.0 Å². The molecule has 0 aliphatic carbocycles. The number of sulfonamides is 1. The maximum Gasteiger partial charge on any atom is 0.239 e. The molecule has 6 nitrogen and oxygen atoms in total. The van der Waals surface area contributed by atoms with Crippen molar-refractivity contribution in [2.75, 3.05) is 36.1 Å². The highest BCUT2D eigenvalue weighted by Gasteiger charge is 2.23. The molecule has 7 heteroatoms. The number of anilines is 2. The van der Waals surface area contributed by atoms with E-state index in [1.54, 1.807) is 13.8 Å². The molecule has 128 valence electrons. The number of carbonyl (C=O) groups is 1. The van der Waals surface area contributed by atoms with Crippen LogP contribution in [0.25, 0.3) is 0 Å². The second-order valence-corrected chi connectivity index (χ2v) is 8.13. The highest BCUT2D eigenvalue weighted by Crippen LogP contribution is 2.22. The summed E-state index contributed by atoms with van der Waals surface area (Å²) in [7, 11) is -3.40. The van der Waals surface area contributed by atoms with Gasteiger partial charge in [-0.3, -0.25) is 4.79 Å². The first-order valence-electron chi connectivity index (χ1n) is 7.89. The van der Waals surface area contributed by atoms with Gasteiger partial charge in [0, 0.05) is 30.5 Å². The Morgan fingerprint density at radius 2 is 1.78 bits per heavy atom. The quantitative estimate of drug-likeness (QED) is 0.859. The predicted molar refractivity (Wildman–Crippen MR) is 93.2 cm³/mol. The Balaban J connectivity index is 1.97. The van der Waals surface area contributed by atoms with Gasteiger partial charge in [-0.25, -0.2) is 8.42 Å². The molecule has 1 N–H and O–H groups in total. The van der Waals surface area contributed by atoms with Crippen molar-refractivity contribution < 1.29 is 13.2 Å². The van der Waals surface area contributed by atoms with Gasteiger partial charge < -0.3 is 10.2 Å². The number of hydrogen-bond acceptors (Lipinski definition) is 4. The van der Waals surface area contributed by atoms with Crippen LogP contribution in [0.4, 0.5) is 11.4 Å². The molecule has 0 bridgehead atoms. The molecule has 1 aliphatic heterocycles. The zero-order valence-corrected chi connectivity index (χ0v) is 14.8. The lowest BCUT2D eigenvalue weighted by atomic mass is 10.2. The van der Waals surface area contributed by atoms with E-state index in [4.69, 9.17) is 0 Å². The van der Waals surface area contributed by atoms with Gasteiger partial charge in [-0.05, 0) is 51.0 Å². The van der Waals surface area contributed by atoms with E-state index in [9.17, 15) is 13.2 Å². The normalized spacial score (nSPS) is 15.4. The Hall–Kier alpha value is -1.60. The maximum atomic E-state index is 12.1. The molecule has 23 heavy (non-hydrogen) atoms. The van der Waals surface area contributed by atoms with Crippen LogP contribution in [-0.2, 0) is 14.8 Å². The van der Waals surface area contributed by atoms with Crippen molar-refractivity contribution >= 4 is 27.3 Å². The van der Waals surface area contributed by atoms with E-state index in [0.29, 0.717) is 5.69 Å². The summed E-state index contributed by atoms with van der Waals surface area (Å²) in [6.45, 7) is 5.47. The smallest absolute Gasteiger partial charge is 0.239 e. The topological polar surface area (TPSA) is 69.7 Å². The largest absolute Gasteiger partial charge is 0.372 e. The van der Waals surface area contributed by atoms with Crippen LogP contribution in [0.3, 0.4) is 0 Å². The number of rotatable bonds is 6. The van der Waals surface area contributed by atoms with E-state index >= 15 is 0 Å². The molecule has 1 heterocycles. The summed E-state index contributed by atoms with van der Waals surface area (Å²) in [5.41, 5.74) is 1.83. The molecule has 1 aromatic rings. The number of benzene rings is 1. The zero-order valence-electron chi connectivity index (χ0n) is 13.9. The van der Waals surface area contributed by atoms with Crippen LogP contribution in [0, 0.1) is 0 Å². The SMILES string of the molecule is CC(C)N(CC(=O)Nc1ccc(N2CCCC2)cc1)S(C)(=O)=O. The van der Waals surface area contributed by atoms with Crippen molar-refractivity contribution in [1.29, 1.82) is 0 Å². The first-order valence-corrected chi connectivity index (χ1v) is 9.74. The summed E-state index contributed by atoms with van der Waals surface area (Å²) in [6.07, 6.45) is 3.55. The van der Waals surface area contributed by atoms with Gasteiger partial charge in [0.15, 0.2) is 0 Å². The molecular weight excluding hydrogens is 314 g/mol. The number of nitrogens with zero attached hydrogens (tertiary/aromatic N) is 2. The first kappa shape index (κ1) is 17.7. The number of carbonyl (C=O) groups excluding carboxylic acids is 1. The first-order chi connectivity index (χ1) is 10.8. The Bertz CT molecular complexity index is 635. The van der Waals surface area contributed by atoms with Crippen LogP contribution < -0.4 is 10.2 Å². The molecule has 0 aromatic heterocycles. The van der Waals surface area contributed by atoms with E-state index in [-0.39, 0.29) is 18.5 Å². The second-order valence-electron chi connectivity index (χ2n) is 6.19. The lowest BCUT2D eigenvalue weighted by molar-refractivity contribution is -0.116. The van der Waals surface area contributed by atoms with Crippen molar-refractivity contribution in [2.45, 2.75) is 32.7 Å². The second kappa shape index (κ2) is 7.31. The van der Waals surface area contributed by atoms with E-state index in [2.05, 4.69) is 10.2 Å². The Morgan fingerprint density at radius 3 is 2.26 bits per heavy atom. The lowest BCUT2D eigenvalue weighted by Gasteiger charge is -2.23. The minimum atomic E-state index is -3.40. The molecule has 1 amide bonds. The third kappa shape index (κ3) is 4.94. The fourth-order valence-electron chi connectivity index (χ4n) is 2.76. The average Bonchev–Trinajstić information content (AvgIpc) is 2.98. The van der Waals surface area contributed by atoms with Crippen LogP contribution in [-0.4, -0.2) is 50.6 Å². The van der Waals surface area contributed by atoms with Crippen LogP contribution >= 0.6 is 0 Å². The molecule has 2 rings (SSSR count). The molecule has 1 fully saturated rings.